The summed E-state index contributed by atoms with van der Waals surface area (Å²) in [6.45, 7) is 11.2. The zero-order valence-electron chi connectivity index (χ0n) is 11.4. The number of hydrogen-bond donors (Lipinski definition) is 2. The van der Waals surface area contributed by atoms with Gasteiger partial charge >= 0.3 is 5.97 Å². The number of carboxylic acid groups (broad SMARTS) is 1. The van der Waals surface area contributed by atoms with Crippen LogP contribution in [0.25, 0.3) is 0 Å². The fourth-order valence-electron chi connectivity index (χ4n) is 2.25. The summed E-state index contributed by atoms with van der Waals surface area (Å²) >= 11 is 0. The van der Waals surface area contributed by atoms with Crippen molar-refractivity contribution in [3.8, 4) is 0 Å². The van der Waals surface area contributed by atoms with Crippen LogP contribution in [0.5, 0.6) is 0 Å². The van der Waals surface area contributed by atoms with E-state index in [-0.39, 0.29) is 11.3 Å². The normalized spacial score (nSPS) is 34.5. The first-order chi connectivity index (χ1) is 7.52. The van der Waals surface area contributed by atoms with Gasteiger partial charge in [0.2, 0.25) is 6.29 Å². The van der Waals surface area contributed by atoms with Gasteiger partial charge in [-0.3, -0.25) is 4.79 Å². The van der Waals surface area contributed by atoms with Gasteiger partial charge < -0.3 is 14.9 Å². The molecule has 4 nitrogen and oxygen atoms in total. The Hall–Kier alpha value is -1.03. The van der Waals surface area contributed by atoms with Crippen molar-refractivity contribution < 1.29 is 19.7 Å². The molecule has 0 aliphatic carbocycles. The van der Waals surface area contributed by atoms with Crippen molar-refractivity contribution >= 4 is 5.97 Å². The zero-order chi connectivity index (χ0) is 13.6. The Bertz CT molecular complexity index is 364. The molecule has 98 valence electrons. The molecule has 1 aliphatic rings. The maximum Gasteiger partial charge on any atom is 0.316 e. The second-order valence-corrected chi connectivity index (χ2v) is 6.04. The van der Waals surface area contributed by atoms with E-state index in [9.17, 15) is 15.0 Å². The largest absolute Gasteiger partial charge is 0.481 e. The molecule has 17 heavy (non-hydrogen) atoms. The average molecular weight is 242 g/mol. The van der Waals surface area contributed by atoms with Gasteiger partial charge in [-0.1, -0.05) is 27.7 Å². The SMILES string of the molecule is CC1=C(C(C)(C)C)OC(O)C(C)(C(=O)O)C1C. The molecule has 0 amide bonds. The maximum atomic E-state index is 11.3. The van der Waals surface area contributed by atoms with E-state index in [2.05, 4.69) is 0 Å². The minimum atomic E-state index is -1.31. The van der Waals surface area contributed by atoms with Crippen LogP contribution in [0.15, 0.2) is 11.3 Å². The summed E-state index contributed by atoms with van der Waals surface area (Å²) < 4.78 is 5.46. The van der Waals surface area contributed by atoms with Gasteiger partial charge in [-0.2, -0.15) is 0 Å². The highest BCUT2D eigenvalue weighted by Gasteiger charge is 2.52. The molecule has 0 bridgehead atoms. The Morgan fingerprint density at radius 3 is 2.24 bits per heavy atom. The van der Waals surface area contributed by atoms with E-state index in [1.807, 2.05) is 34.6 Å². The van der Waals surface area contributed by atoms with Crippen molar-refractivity contribution in [2.75, 3.05) is 0 Å². The summed E-state index contributed by atoms with van der Waals surface area (Å²) in [7, 11) is 0. The molecule has 0 aromatic carbocycles. The highest BCUT2D eigenvalue weighted by molar-refractivity contribution is 5.76. The van der Waals surface area contributed by atoms with Crippen molar-refractivity contribution in [1.82, 2.24) is 0 Å². The van der Waals surface area contributed by atoms with Crippen LogP contribution in [0.3, 0.4) is 0 Å². The molecule has 0 aromatic rings. The summed E-state index contributed by atoms with van der Waals surface area (Å²) in [5.74, 6) is -0.612. The summed E-state index contributed by atoms with van der Waals surface area (Å²) in [6, 6.07) is 0. The highest BCUT2D eigenvalue weighted by Crippen LogP contribution is 2.46. The van der Waals surface area contributed by atoms with Gasteiger partial charge in [-0.25, -0.2) is 0 Å². The Kier molecular flexibility index (Phi) is 3.32. The number of aliphatic hydroxyl groups excluding tert-OH is 1. The lowest BCUT2D eigenvalue weighted by molar-refractivity contribution is -0.203. The Labute approximate surface area is 102 Å². The van der Waals surface area contributed by atoms with Crippen molar-refractivity contribution in [2.24, 2.45) is 16.7 Å². The molecule has 0 fully saturated rings. The monoisotopic (exact) mass is 242 g/mol. The zero-order valence-corrected chi connectivity index (χ0v) is 11.4. The second kappa shape index (κ2) is 4.02. The Morgan fingerprint density at radius 1 is 1.41 bits per heavy atom. The fourth-order valence-corrected chi connectivity index (χ4v) is 2.25. The molecule has 0 aromatic heterocycles. The maximum absolute atomic E-state index is 11.3. The number of hydrogen-bond acceptors (Lipinski definition) is 3. The molecule has 0 saturated heterocycles. The smallest absolute Gasteiger partial charge is 0.316 e. The van der Waals surface area contributed by atoms with E-state index in [0.717, 1.165) is 5.57 Å². The fraction of sp³-hybridized carbons (Fsp3) is 0.769. The molecule has 4 heteroatoms. The van der Waals surface area contributed by atoms with Gasteiger partial charge in [0.05, 0.1) is 0 Å². The minimum Gasteiger partial charge on any atom is -0.481 e. The Balaban J connectivity index is 3.30. The van der Waals surface area contributed by atoms with Gasteiger partial charge in [0.25, 0.3) is 0 Å². The Morgan fingerprint density at radius 2 is 1.88 bits per heavy atom. The molecular weight excluding hydrogens is 220 g/mol. The standard InChI is InChI=1S/C13H22O4/c1-7-8(2)13(6,10(14)15)11(16)17-9(7)12(3,4)5/h8,11,16H,1-6H3,(H,14,15). The topological polar surface area (TPSA) is 66.8 Å². The first kappa shape index (κ1) is 14.0. The van der Waals surface area contributed by atoms with Crippen LogP contribution in [0.2, 0.25) is 0 Å². The lowest BCUT2D eigenvalue weighted by atomic mass is 9.70. The van der Waals surface area contributed by atoms with Crippen molar-refractivity contribution in [3.63, 3.8) is 0 Å². The molecule has 3 atom stereocenters. The minimum absolute atomic E-state index is 0.237. The average Bonchev–Trinajstić information content (AvgIpc) is 2.18. The van der Waals surface area contributed by atoms with Gasteiger partial charge in [0.15, 0.2) is 0 Å². The molecule has 0 radical (unpaired) electrons. The summed E-state index contributed by atoms with van der Waals surface area (Å²) in [6.07, 6.45) is -1.31. The third-order valence-electron chi connectivity index (χ3n) is 3.79. The molecule has 2 N–H and O–H groups in total. The molecule has 1 heterocycles. The molecule has 1 aliphatic heterocycles. The number of aliphatic hydroxyl groups is 1. The second-order valence-electron chi connectivity index (χ2n) is 6.04. The van der Waals surface area contributed by atoms with E-state index in [1.165, 1.54) is 6.92 Å². The van der Waals surface area contributed by atoms with E-state index in [0.29, 0.717) is 5.76 Å². The highest BCUT2D eigenvalue weighted by atomic mass is 16.6. The van der Waals surface area contributed by atoms with Crippen molar-refractivity contribution in [1.29, 1.82) is 0 Å². The van der Waals surface area contributed by atoms with Crippen LogP contribution in [-0.4, -0.2) is 22.5 Å². The van der Waals surface area contributed by atoms with Crippen LogP contribution in [0.1, 0.15) is 41.5 Å². The molecule has 3 unspecified atom stereocenters. The van der Waals surface area contributed by atoms with Crippen LogP contribution in [0.4, 0.5) is 0 Å². The number of carbonyl (C=O) groups is 1. The van der Waals surface area contributed by atoms with Crippen molar-refractivity contribution in [2.45, 2.75) is 47.8 Å². The van der Waals surface area contributed by atoms with Crippen LogP contribution in [-0.2, 0) is 9.53 Å². The molecule has 1 rings (SSSR count). The van der Waals surface area contributed by atoms with Gasteiger partial charge in [-0.05, 0) is 19.4 Å². The van der Waals surface area contributed by atoms with Crippen molar-refractivity contribution in [3.05, 3.63) is 11.3 Å². The number of allylic oxidation sites excluding steroid dienone is 2. The summed E-state index contributed by atoms with van der Waals surface area (Å²) in [4.78, 5) is 11.3. The number of aliphatic carboxylic acids is 1. The molecule has 0 saturated carbocycles. The third-order valence-corrected chi connectivity index (χ3v) is 3.79. The first-order valence-electron chi connectivity index (χ1n) is 5.82. The third kappa shape index (κ3) is 2.06. The first-order valence-corrected chi connectivity index (χ1v) is 5.82. The van der Waals surface area contributed by atoms with Crippen LogP contribution in [0, 0.1) is 16.7 Å². The summed E-state index contributed by atoms with van der Waals surface area (Å²) in [5, 5.41) is 19.3. The van der Waals surface area contributed by atoms with Gasteiger partial charge in [0.1, 0.15) is 11.2 Å². The van der Waals surface area contributed by atoms with E-state index < -0.39 is 17.7 Å². The predicted octanol–water partition coefficient (Wildman–Crippen LogP) is 2.38. The van der Waals surface area contributed by atoms with E-state index >= 15 is 0 Å². The van der Waals surface area contributed by atoms with E-state index in [4.69, 9.17) is 4.74 Å². The molecular formula is C13H22O4. The van der Waals surface area contributed by atoms with Crippen LogP contribution >= 0.6 is 0 Å². The summed E-state index contributed by atoms with van der Waals surface area (Å²) in [5.41, 5.74) is -0.634. The number of rotatable bonds is 1. The lowest BCUT2D eigenvalue weighted by Crippen LogP contribution is -2.50. The van der Waals surface area contributed by atoms with Gasteiger partial charge in [0, 0.05) is 11.3 Å². The lowest BCUT2D eigenvalue weighted by Gasteiger charge is -2.44. The van der Waals surface area contributed by atoms with Crippen LogP contribution < -0.4 is 0 Å². The number of carboxylic acids is 1. The van der Waals surface area contributed by atoms with Gasteiger partial charge in [-0.15, -0.1) is 0 Å². The van der Waals surface area contributed by atoms with E-state index in [1.54, 1.807) is 0 Å². The molecule has 0 spiro atoms. The quantitative estimate of drug-likeness (QED) is 0.741. The number of ether oxygens (including phenoxy) is 1. The predicted molar refractivity (Wildman–Crippen MR) is 64.2 cm³/mol.